The number of hydrogen-bond donors (Lipinski definition) is 1. The number of rotatable bonds is 5. The van der Waals surface area contributed by atoms with Gasteiger partial charge >= 0.3 is 0 Å². The van der Waals surface area contributed by atoms with Gasteiger partial charge in [-0.3, -0.25) is 4.79 Å². The molecule has 2 aliphatic rings. The lowest BCUT2D eigenvalue weighted by molar-refractivity contribution is -0.123. The largest absolute Gasteiger partial charge is 0.493 e. The maximum absolute atomic E-state index is 11.7. The van der Waals surface area contributed by atoms with Gasteiger partial charge in [-0.05, 0) is 62.6 Å². The average Bonchev–Trinajstić information content (AvgIpc) is 3.14. The Bertz CT molecular complexity index is 676. The lowest BCUT2D eigenvalue weighted by Gasteiger charge is -2.35. The highest BCUT2D eigenvalue weighted by Crippen LogP contribution is 2.44. The topological polar surface area (TPSA) is 85.3 Å². The van der Waals surface area contributed by atoms with Gasteiger partial charge in [0.1, 0.15) is 0 Å². The van der Waals surface area contributed by atoms with Crippen LogP contribution in [-0.2, 0) is 10.2 Å². The summed E-state index contributed by atoms with van der Waals surface area (Å²) in [6.07, 6.45) is 7.51. The van der Waals surface area contributed by atoms with Crippen molar-refractivity contribution in [2.75, 3.05) is 7.11 Å². The molecule has 25 heavy (non-hydrogen) atoms. The van der Waals surface area contributed by atoms with Gasteiger partial charge in [0.2, 0.25) is 5.91 Å². The number of carbonyl (C=O) groups is 1. The van der Waals surface area contributed by atoms with Crippen molar-refractivity contribution in [1.82, 2.24) is 0 Å². The van der Waals surface area contributed by atoms with Gasteiger partial charge in [0.15, 0.2) is 11.5 Å². The quantitative estimate of drug-likeness (QED) is 0.888. The van der Waals surface area contributed by atoms with Crippen molar-refractivity contribution in [2.45, 2.75) is 62.9 Å². The molecule has 5 heteroatoms. The van der Waals surface area contributed by atoms with Gasteiger partial charge in [-0.1, -0.05) is 12.5 Å². The second-order valence-electron chi connectivity index (χ2n) is 7.28. The predicted molar refractivity (Wildman–Crippen MR) is 94.3 cm³/mol. The van der Waals surface area contributed by atoms with Crippen molar-refractivity contribution in [2.24, 2.45) is 11.7 Å². The van der Waals surface area contributed by atoms with Gasteiger partial charge in [0.05, 0.1) is 24.7 Å². The third-order valence-corrected chi connectivity index (χ3v) is 5.68. The van der Waals surface area contributed by atoms with Gasteiger partial charge in [-0.25, -0.2) is 0 Å². The fourth-order valence-electron chi connectivity index (χ4n) is 4.20. The lowest BCUT2D eigenvalue weighted by atomic mass is 9.66. The van der Waals surface area contributed by atoms with E-state index in [0.29, 0.717) is 17.9 Å². The molecule has 0 bridgehead atoms. The normalized spacial score (nSPS) is 26.8. The molecule has 1 aromatic rings. The van der Waals surface area contributed by atoms with Crippen LogP contribution in [0.15, 0.2) is 18.2 Å². The van der Waals surface area contributed by atoms with E-state index in [2.05, 4.69) is 6.07 Å². The number of nitrogens with two attached hydrogens (primary N) is 1. The number of benzene rings is 1. The monoisotopic (exact) mass is 342 g/mol. The Morgan fingerprint density at radius 1 is 1.24 bits per heavy atom. The Kier molecular flexibility index (Phi) is 5.17. The molecule has 0 radical (unpaired) electrons. The van der Waals surface area contributed by atoms with Crippen LogP contribution < -0.4 is 15.2 Å². The zero-order valence-corrected chi connectivity index (χ0v) is 14.8. The molecule has 2 fully saturated rings. The summed E-state index contributed by atoms with van der Waals surface area (Å²) in [5, 5.41) is 9.92. The van der Waals surface area contributed by atoms with E-state index in [1.54, 1.807) is 7.11 Å². The summed E-state index contributed by atoms with van der Waals surface area (Å²) in [7, 11) is 1.63. The first-order chi connectivity index (χ1) is 12.1. The number of nitrogens with zero attached hydrogens (tertiary/aromatic N) is 1. The number of primary amides is 1. The summed E-state index contributed by atoms with van der Waals surface area (Å²) < 4.78 is 11.6. The van der Waals surface area contributed by atoms with Crippen molar-refractivity contribution in [3.63, 3.8) is 0 Å². The van der Waals surface area contributed by atoms with Crippen LogP contribution in [0.3, 0.4) is 0 Å². The van der Waals surface area contributed by atoms with E-state index in [-0.39, 0.29) is 17.9 Å². The van der Waals surface area contributed by atoms with E-state index in [1.807, 2.05) is 18.2 Å². The second-order valence-corrected chi connectivity index (χ2v) is 7.28. The molecule has 1 amide bonds. The van der Waals surface area contributed by atoms with E-state index in [9.17, 15) is 10.1 Å². The molecule has 2 saturated carbocycles. The number of carbonyl (C=O) groups excluding carboxylic acids is 1. The zero-order chi connectivity index (χ0) is 17.9. The number of hydrogen-bond acceptors (Lipinski definition) is 4. The molecule has 1 aromatic carbocycles. The van der Waals surface area contributed by atoms with Crippen molar-refractivity contribution in [1.29, 1.82) is 5.26 Å². The highest BCUT2D eigenvalue weighted by molar-refractivity contribution is 5.77. The number of amides is 1. The fraction of sp³-hybridized carbons (Fsp3) is 0.600. The molecule has 2 atom stereocenters. The minimum atomic E-state index is -0.683. The summed E-state index contributed by atoms with van der Waals surface area (Å²) >= 11 is 0. The van der Waals surface area contributed by atoms with E-state index in [0.717, 1.165) is 37.7 Å². The maximum atomic E-state index is 11.7. The number of ether oxygens (including phenoxy) is 2. The molecule has 0 spiro atoms. The third kappa shape index (κ3) is 3.58. The third-order valence-electron chi connectivity index (χ3n) is 5.68. The number of nitriles is 1. The lowest BCUT2D eigenvalue weighted by Crippen LogP contribution is -2.37. The van der Waals surface area contributed by atoms with Crippen LogP contribution in [0.1, 0.15) is 56.9 Å². The van der Waals surface area contributed by atoms with E-state index in [4.69, 9.17) is 15.2 Å². The highest BCUT2D eigenvalue weighted by Gasteiger charge is 2.40. The molecule has 0 aromatic heterocycles. The van der Waals surface area contributed by atoms with Gasteiger partial charge in [0, 0.05) is 5.92 Å². The van der Waals surface area contributed by atoms with Crippen LogP contribution in [0.2, 0.25) is 0 Å². The summed E-state index contributed by atoms with van der Waals surface area (Å²) in [6.45, 7) is 0. The van der Waals surface area contributed by atoms with Gasteiger partial charge < -0.3 is 15.2 Å². The Morgan fingerprint density at radius 3 is 2.64 bits per heavy atom. The summed E-state index contributed by atoms with van der Waals surface area (Å²) in [4.78, 5) is 11.7. The zero-order valence-electron chi connectivity index (χ0n) is 14.8. The Labute approximate surface area is 149 Å². The molecule has 2 N–H and O–H groups in total. The minimum Gasteiger partial charge on any atom is -0.493 e. The summed E-state index contributed by atoms with van der Waals surface area (Å²) in [5.74, 6) is 0.832. The van der Waals surface area contributed by atoms with Crippen LogP contribution >= 0.6 is 0 Å². The van der Waals surface area contributed by atoms with Crippen LogP contribution in [0.4, 0.5) is 0 Å². The molecule has 0 aliphatic heterocycles. The van der Waals surface area contributed by atoms with Crippen LogP contribution in [0.5, 0.6) is 11.5 Å². The number of methoxy groups -OCH3 is 1. The molecule has 5 nitrogen and oxygen atoms in total. The molecular weight excluding hydrogens is 316 g/mol. The van der Waals surface area contributed by atoms with Crippen LogP contribution in [0, 0.1) is 17.2 Å². The van der Waals surface area contributed by atoms with Crippen LogP contribution in [-0.4, -0.2) is 19.1 Å². The average molecular weight is 342 g/mol. The molecule has 2 aliphatic carbocycles. The molecular formula is C20H26N2O3. The molecule has 3 rings (SSSR count). The van der Waals surface area contributed by atoms with Gasteiger partial charge in [-0.15, -0.1) is 0 Å². The maximum Gasteiger partial charge on any atom is 0.220 e. The summed E-state index contributed by atoms with van der Waals surface area (Å²) in [5.41, 5.74) is 5.73. The Balaban J connectivity index is 1.91. The van der Waals surface area contributed by atoms with Gasteiger partial charge in [-0.2, -0.15) is 5.26 Å². The first-order valence-corrected chi connectivity index (χ1v) is 9.14. The Hall–Kier alpha value is -2.22. The minimum absolute atomic E-state index is 0.215. The van der Waals surface area contributed by atoms with E-state index < -0.39 is 5.41 Å². The first-order valence-electron chi connectivity index (χ1n) is 9.14. The molecule has 134 valence electrons. The molecule has 0 unspecified atom stereocenters. The van der Waals surface area contributed by atoms with E-state index >= 15 is 0 Å². The molecule has 0 saturated heterocycles. The highest BCUT2D eigenvalue weighted by atomic mass is 16.5. The van der Waals surface area contributed by atoms with Crippen LogP contribution in [0.25, 0.3) is 0 Å². The summed E-state index contributed by atoms with van der Waals surface area (Å²) in [6, 6.07) is 8.20. The SMILES string of the molecule is COc1ccc([C@@]2(C#N)CCC[C@@H](C(N)=O)C2)cc1OC1CCCC1. The Morgan fingerprint density at radius 2 is 2.00 bits per heavy atom. The van der Waals surface area contributed by atoms with Crippen molar-refractivity contribution in [3.8, 4) is 17.6 Å². The van der Waals surface area contributed by atoms with Crippen molar-refractivity contribution < 1.29 is 14.3 Å². The fourth-order valence-corrected chi connectivity index (χ4v) is 4.20. The smallest absolute Gasteiger partial charge is 0.220 e. The molecule has 0 heterocycles. The predicted octanol–water partition coefficient (Wildman–Crippen LogP) is 3.45. The standard InChI is InChI=1S/C20H26N2O3/c1-24-17-9-8-15(11-18(17)25-16-6-2-3-7-16)20(13-21)10-4-5-14(12-20)19(22)23/h8-9,11,14,16H,2-7,10,12H2,1H3,(H2,22,23)/t14-,20+/m1/s1. The first kappa shape index (κ1) is 17.6. The van der Waals surface area contributed by atoms with Crippen molar-refractivity contribution in [3.05, 3.63) is 23.8 Å². The van der Waals surface area contributed by atoms with Crippen molar-refractivity contribution >= 4 is 5.91 Å². The second kappa shape index (κ2) is 7.35. The van der Waals surface area contributed by atoms with Gasteiger partial charge in [0.25, 0.3) is 0 Å². The van der Waals surface area contributed by atoms with E-state index in [1.165, 1.54) is 12.8 Å².